The van der Waals surface area contributed by atoms with E-state index in [0.29, 0.717) is 24.6 Å². The number of nitrogens with one attached hydrogen (secondary N) is 1. The highest BCUT2D eigenvalue weighted by Crippen LogP contribution is 2.08. The highest BCUT2D eigenvalue weighted by atomic mass is 35.5. The summed E-state index contributed by atoms with van der Waals surface area (Å²) in [5.41, 5.74) is 7.24. The first-order valence-electron chi connectivity index (χ1n) is 7.99. The van der Waals surface area contributed by atoms with E-state index >= 15 is 0 Å². The summed E-state index contributed by atoms with van der Waals surface area (Å²) in [6, 6.07) is 7.39. The van der Waals surface area contributed by atoms with Gasteiger partial charge in [-0.25, -0.2) is 0 Å². The van der Waals surface area contributed by atoms with Crippen LogP contribution in [0, 0.1) is 5.92 Å². The van der Waals surface area contributed by atoms with Crippen LogP contribution in [0.5, 0.6) is 0 Å². The quantitative estimate of drug-likeness (QED) is 0.825. The van der Waals surface area contributed by atoms with Crippen molar-refractivity contribution in [3.05, 3.63) is 35.4 Å². The Kier molecular flexibility index (Phi) is 8.55. The van der Waals surface area contributed by atoms with Gasteiger partial charge in [0.1, 0.15) is 0 Å². The monoisotopic (exact) mass is 341 g/mol. The number of carbonyl (C=O) groups is 1. The molecule has 130 valence electrons. The van der Waals surface area contributed by atoms with Crippen LogP contribution < -0.4 is 11.1 Å². The number of morpholine rings is 1. The Morgan fingerprint density at radius 3 is 2.70 bits per heavy atom. The predicted octanol–water partition coefficient (Wildman–Crippen LogP) is 1.65. The molecule has 1 aromatic carbocycles. The smallest absolute Gasteiger partial charge is 0.251 e. The summed E-state index contributed by atoms with van der Waals surface area (Å²) in [6.45, 7) is 9.14. The number of nitrogens with two attached hydrogens (primary N) is 1. The van der Waals surface area contributed by atoms with Crippen molar-refractivity contribution in [3.63, 3.8) is 0 Å². The minimum absolute atomic E-state index is 0. The van der Waals surface area contributed by atoms with Crippen molar-refractivity contribution < 1.29 is 9.53 Å². The number of hydrogen-bond acceptors (Lipinski definition) is 4. The Morgan fingerprint density at radius 2 is 2.09 bits per heavy atom. The molecule has 6 heteroatoms. The van der Waals surface area contributed by atoms with Gasteiger partial charge in [-0.3, -0.25) is 9.69 Å². The molecular formula is C17H28ClN3O2. The summed E-state index contributed by atoms with van der Waals surface area (Å²) in [6.07, 6.45) is 0.0692. The van der Waals surface area contributed by atoms with Crippen molar-refractivity contribution in [2.75, 3.05) is 32.8 Å². The number of benzene rings is 1. The summed E-state index contributed by atoms with van der Waals surface area (Å²) in [5.74, 6) is 0.586. The summed E-state index contributed by atoms with van der Waals surface area (Å²) in [5, 5.41) is 2.96. The second-order valence-corrected chi connectivity index (χ2v) is 6.26. The molecule has 5 nitrogen and oxygen atoms in total. The maximum atomic E-state index is 12.1. The van der Waals surface area contributed by atoms with Crippen LogP contribution >= 0.6 is 12.4 Å². The molecule has 1 aliphatic heterocycles. The summed E-state index contributed by atoms with van der Waals surface area (Å²) >= 11 is 0. The van der Waals surface area contributed by atoms with Crippen molar-refractivity contribution in [2.24, 2.45) is 11.7 Å². The summed E-state index contributed by atoms with van der Waals surface area (Å²) < 4.78 is 5.74. The summed E-state index contributed by atoms with van der Waals surface area (Å²) in [4.78, 5) is 14.5. The Labute approximate surface area is 145 Å². The van der Waals surface area contributed by atoms with E-state index in [-0.39, 0.29) is 24.4 Å². The molecule has 1 aliphatic rings. The first-order chi connectivity index (χ1) is 10.6. The molecule has 0 spiro atoms. The number of halogens is 1. The molecule has 1 aromatic rings. The van der Waals surface area contributed by atoms with E-state index in [9.17, 15) is 4.79 Å². The normalized spacial score (nSPS) is 18.5. The lowest BCUT2D eigenvalue weighted by molar-refractivity contribution is -0.0295. The van der Waals surface area contributed by atoms with Gasteiger partial charge in [-0.15, -0.1) is 12.4 Å². The van der Waals surface area contributed by atoms with Gasteiger partial charge in [0.05, 0.1) is 12.7 Å². The first kappa shape index (κ1) is 19.9. The van der Waals surface area contributed by atoms with Crippen LogP contribution in [0.2, 0.25) is 0 Å². The predicted molar refractivity (Wildman–Crippen MR) is 94.9 cm³/mol. The van der Waals surface area contributed by atoms with E-state index in [2.05, 4.69) is 24.1 Å². The molecular weight excluding hydrogens is 314 g/mol. The van der Waals surface area contributed by atoms with E-state index in [1.807, 2.05) is 24.3 Å². The number of hydrogen-bond donors (Lipinski definition) is 2. The molecule has 1 fully saturated rings. The van der Waals surface area contributed by atoms with Gasteiger partial charge < -0.3 is 15.8 Å². The molecule has 0 radical (unpaired) electrons. The Bertz CT molecular complexity index is 479. The Morgan fingerprint density at radius 1 is 1.39 bits per heavy atom. The molecule has 0 aliphatic carbocycles. The molecule has 3 N–H and O–H groups in total. The molecule has 0 saturated carbocycles. The van der Waals surface area contributed by atoms with Gasteiger partial charge in [0.15, 0.2) is 0 Å². The third kappa shape index (κ3) is 6.47. The molecule has 0 bridgehead atoms. The van der Waals surface area contributed by atoms with E-state index in [1.54, 1.807) is 0 Å². The van der Waals surface area contributed by atoms with Gasteiger partial charge in [-0.05, 0) is 23.6 Å². The molecule has 1 heterocycles. The lowest BCUT2D eigenvalue weighted by atomic mass is 10.1. The molecule has 1 atom stereocenters. The number of nitrogens with zero attached hydrogens (tertiary/aromatic N) is 1. The van der Waals surface area contributed by atoms with Gasteiger partial charge >= 0.3 is 0 Å². The fourth-order valence-electron chi connectivity index (χ4n) is 2.69. The molecule has 2 rings (SSSR count). The second kappa shape index (κ2) is 9.88. The topological polar surface area (TPSA) is 67.6 Å². The van der Waals surface area contributed by atoms with Crippen LogP contribution in [0.25, 0.3) is 0 Å². The number of amides is 1. The molecule has 1 amide bonds. The third-order valence-corrected chi connectivity index (χ3v) is 3.79. The average Bonchev–Trinajstić information content (AvgIpc) is 2.52. The number of ether oxygens (including phenoxy) is 1. The highest BCUT2D eigenvalue weighted by molar-refractivity contribution is 5.94. The maximum absolute atomic E-state index is 12.1. The van der Waals surface area contributed by atoms with Crippen molar-refractivity contribution >= 4 is 18.3 Å². The lowest BCUT2D eigenvalue weighted by Gasteiger charge is -2.33. The van der Waals surface area contributed by atoms with Crippen LogP contribution in [-0.4, -0.2) is 49.7 Å². The van der Waals surface area contributed by atoms with Gasteiger partial charge in [0.25, 0.3) is 5.91 Å². The van der Waals surface area contributed by atoms with E-state index in [4.69, 9.17) is 10.5 Å². The highest BCUT2D eigenvalue weighted by Gasteiger charge is 2.21. The zero-order valence-corrected chi connectivity index (χ0v) is 14.8. The minimum atomic E-state index is -0.0619. The maximum Gasteiger partial charge on any atom is 0.251 e. The SMILES string of the molecule is CC(C)CN1CCOC(CNC(=O)c2ccc(CN)cc2)C1.Cl. The van der Waals surface area contributed by atoms with E-state index in [0.717, 1.165) is 31.8 Å². The second-order valence-electron chi connectivity index (χ2n) is 6.26. The fourth-order valence-corrected chi connectivity index (χ4v) is 2.69. The standard InChI is InChI=1S/C17H27N3O2.ClH/c1-13(2)11-20-7-8-22-16(12-20)10-19-17(21)15-5-3-14(9-18)4-6-15;/h3-6,13,16H,7-12,18H2,1-2H3,(H,19,21);1H. The van der Waals surface area contributed by atoms with Crippen molar-refractivity contribution in [3.8, 4) is 0 Å². The van der Waals surface area contributed by atoms with Gasteiger partial charge in [-0.1, -0.05) is 26.0 Å². The third-order valence-electron chi connectivity index (χ3n) is 3.79. The van der Waals surface area contributed by atoms with Gasteiger partial charge in [0.2, 0.25) is 0 Å². The van der Waals surface area contributed by atoms with Crippen LogP contribution in [0.1, 0.15) is 29.8 Å². The van der Waals surface area contributed by atoms with E-state index in [1.165, 1.54) is 0 Å². The zero-order chi connectivity index (χ0) is 15.9. The molecule has 23 heavy (non-hydrogen) atoms. The van der Waals surface area contributed by atoms with Crippen molar-refractivity contribution in [2.45, 2.75) is 26.5 Å². The first-order valence-corrected chi connectivity index (χ1v) is 7.99. The molecule has 1 saturated heterocycles. The summed E-state index contributed by atoms with van der Waals surface area (Å²) in [7, 11) is 0. The zero-order valence-electron chi connectivity index (χ0n) is 14.0. The number of rotatable bonds is 6. The molecule has 1 unspecified atom stereocenters. The average molecular weight is 342 g/mol. The minimum Gasteiger partial charge on any atom is -0.374 e. The van der Waals surface area contributed by atoms with Gasteiger partial charge in [-0.2, -0.15) is 0 Å². The Balaban J connectivity index is 0.00000264. The van der Waals surface area contributed by atoms with Crippen LogP contribution in [0.3, 0.4) is 0 Å². The van der Waals surface area contributed by atoms with Crippen LogP contribution in [0.15, 0.2) is 24.3 Å². The van der Waals surface area contributed by atoms with Crippen LogP contribution in [0.4, 0.5) is 0 Å². The van der Waals surface area contributed by atoms with Crippen LogP contribution in [-0.2, 0) is 11.3 Å². The van der Waals surface area contributed by atoms with Crippen molar-refractivity contribution in [1.29, 1.82) is 0 Å². The van der Waals surface area contributed by atoms with Crippen molar-refractivity contribution in [1.82, 2.24) is 10.2 Å². The lowest BCUT2D eigenvalue weighted by Crippen LogP contribution is -2.48. The largest absolute Gasteiger partial charge is 0.374 e. The fraction of sp³-hybridized carbons (Fsp3) is 0.588. The van der Waals surface area contributed by atoms with E-state index < -0.39 is 0 Å². The Hall–Kier alpha value is -1.14. The van der Waals surface area contributed by atoms with Gasteiger partial charge in [0, 0.05) is 38.3 Å². The number of carbonyl (C=O) groups excluding carboxylic acids is 1. The molecule has 0 aromatic heterocycles.